The minimum Gasteiger partial charge on any atom is -0.477 e. The summed E-state index contributed by atoms with van der Waals surface area (Å²) in [5, 5.41) is 37.5. The van der Waals surface area contributed by atoms with Crippen molar-refractivity contribution in [3.63, 3.8) is 0 Å². The fourth-order valence-electron chi connectivity index (χ4n) is 12.0. The molecule has 0 saturated heterocycles. The predicted molar refractivity (Wildman–Crippen MR) is 486 cm³/mol. The summed E-state index contributed by atoms with van der Waals surface area (Å²) in [5.74, 6) is -3.38. The number of hydrogen-bond acceptors (Lipinski definition) is 26. The van der Waals surface area contributed by atoms with E-state index in [1.54, 1.807) is 171 Å². The van der Waals surface area contributed by atoms with E-state index in [0.29, 0.717) is 22.5 Å². The van der Waals surface area contributed by atoms with Crippen LogP contribution >= 0.6 is 31.3 Å². The first-order valence-electron chi connectivity index (χ1n) is 42.4. The Morgan fingerprint density at radius 3 is 0.685 bits per heavy atom. The summed E-state index contributed by atoms with van der Waals surface area (Å²) in [5.41, 5.74) is -2.80. The Hall–Kier alpha value is -4.84. The number of carbonyl (C=O) groups excluding carboxylic acids is 2. The minimum atomic E-state index is -4.00. The van der Waals surface area contributed by atoms with Gasteiger partial charge in [0.2, 0.25) is 0 Å². The van der Waals surface area contributed by atoms with Crippen molar-refractivity contribution in [2.75, 3.05) is 0 Å². The number of aromatic carboxylic acids is 2. The number of carboxylic acid groups (broad SMARTS) is 2. The lowest BCUT2D eigenvalue weighted by atomic mass is 9.85. The molecule has 0 fully saturated rings. The molecule has 0 spiro atoms. The number of hydrogen-bond donors (Lipinski definition) is 2. The maximum atomic E-state index is 13.5. The third-order valence-corrected chi connectivity index (χ3v) is 23.0. The highest BCUT2D eigenvalue weighted by molar-refractivity contribution is 7.49. The second-order valence-corrected chi connectivity index (χ2v) is 52.2. The van der Waals surface area contributed by atoms with Crippen LogP contribution in [0.25, 0.3) is 0 Å². The van der Waals surface area contributed by atoms with Crippen molar-refractivity contribution >= 4 is 55.2 Å². The molecule has 124 heavy (non-hydrogen) atoms. The zero-order chi connectivity index (χ0) is 98.4. The summed E-state index contributed by atoms with van der Waals surface area (Å²) in [7, 11) is -15.9. The maximum Gasteiger partial charge on any atom is 0.477 e. The highest BCUT2D eigenvalue weighted by Crippen LogP contribution is 2.60. The number of phosphoric acid groups is 4. The lowest BCUT2D eigenvalue weighted by Crippen LogP contribution is -2.28. The van der Waals surface area contributed by atoms with Crippen LogP contribution < -0.4 is 0 Å². The van der Waals surface area contributed by atoms with Gasteiger partial charge >= 0.3 is 55.2 Å². The molecule has 0 aliphatic carbocycles. The van der Waals surface area contributed by atoms with E-state index in [1.807, 2.05) is 180 Å². The Kier molecular flexibility index (Phi) is 39.4. The Morgan fingerprint density at radius 1 is 0.274 bits per heavy atom. The normalized spacial score (nSPS) is 14.0. The fourth-order valence-corrected chi connectivity index (χ4v) is 19.0. The average molecular weight is 1840 g/mol. The van der Waals surface area contributed by atoms with E-state index < -0.39 is 117 Å². The first-order valence-corrected chi connectivity index (χ1v) is 48.3. The highest BCUT2D eigenvalue weighted by atomic mass is 31.2. The number of phosphoric ester groups is 4. The van der Waals surface area contributed by atoms with Gasteiger partial charge < -0.3 is 19.7 Å². The van der Waals surface area contributed by atoms with Gasteiger partial charge in [-0.1, -0.05) is 138 Å². The summed E-state index contributed by atoms with van der Waals surface area (Å²) in [6.45, 7) is 91.6. The van der Waals surface area contributed by atoms with Crippen molar-refractivity contribution in [2.45, 2.75) is 474 Å². The van der Waals surface area contributed by atoms with Crippen LogP contribution in [0.2, 0.25) is 0 Å². The lowest BCUT2D eigenvalue weighted by molar-refractivity contribution is -0.0116. The summed E-state index contributed by atoms with van der Waals surface area (Å²) >= 11 is 0. The molecule has 32 nitrogen and oxygen atoms in total. The van der Waals surface area contributed by atoms with Gasteiger partial charge in [0.25, 0.3) is 0 Å². The smallest absolute Gasteiger partial charge is 0.477 e. The summed E-state index contributed by atoms with van der Waals surface area (Å²) in [4.78, 5) is 50.1. The second kappa shape index (κ2) is 41.7. The molecule has 0 unspecified atom stereocenters. The number of carboxylic acids is 2. The molecule has 0 aliphatic heterocycles. The quantitative estimate of drug-likeness (QED) is 0.0394. The highest BCUT2D eigenvalue weighted by Gasteiger charge is 2.46. The molecule has 720 valence electrons. The zero-order valence-corrected chi connectivity index (χ0v) is 89.0. The van der Waals surface area contributed by atoms with Crippen molar-refractivity contribution in [3.8, 4) is 0 Å². The predicted octanol–water partition coefficient (Wildman–Crippen LogP) is 25.4. The molecule has 0 saturated carbocycles. The average Bonchev–Trinajstić information content (AvgIpc) is 1.63. The number of carbonyl (C=O) groups is 4. The van der Waals surface area contributed by atoms with Gasteiger partial charge in [0, 0.05) is 43.9 Å². The van der Waals surface area contributed by atoms with Crippen molar-refractivity contribution in [2.24, 2.45) is 0 Å². The number of aromatic nitrogens is 8. The largest absolute Gasteiger partial charge is 0.477 e. The number of ether oxygens (including phenoxy) is 2. The SMILES string of the molecule is CC(C)c1c(C(=O)O)nn(COP(=O)(OC(C)(C)C)OC(C)(C)C)c1C(C)(C)C.CC(C)c1c(C(=O)OC(C)(C)C)nn(COP(=O)(OC(C)(C)C)OC(C)(C)C)c1C(C)(C)C.CC(C)c1c(C(C)(C)C)nn(COP(=O)(OC(C)(C)C)OC(C)(C)C)c1C(=O)O.CC(C)c1c(C(C)(C)C)nn(COP(=O)(OC(C)(C)C)OC(C)(C)C)c1C(=O)OC(C)(C)C. The molecule has 4 aromatic rings. The van der Waals surface area contributed by atoms with Gasteiger partial charge in [-0.05, 0) is 231 Å². The van der Waals surface area contributed by atoms with Gasteiger partial charge in [0.15, 0.2) is 49.7 Å². The summed E-state index contributed by atoms with van der Waals surface area (Å²) in [6.07, 6.45) is 0. The molecule has 36 heteroatoms. The van der Waals surface area contributed by atoms with Gasteiger partial charge in [-0.3, -0.25) is 54.3 Å². The van der Waals surface area contributed by atoms with E-state index in [1.165, 1.54) is 14.0 Å². The second-order valence-electron chi connectivity index (χ2n) is 46.1. The molecule has 0 aromatic carbocycles. The minimum absolute atomic E-state index is 0.000974. The Labute approximate surface area is 744 Å². The van der Waals surface area contributed by atoms with Crippen molar-refractivity contribution < 1.29 is 111 Å². The Bertz CT molecular complexity index is 4330. The van der Waals surface area contributed by atoms with E-state index in [0.717, 1.165) is 22.5 Å². The zero-order valence-electron chi connectivity index (χ0n) is 85.4. The third-order valence-electron chi connectivity index (χ3n) is 15.1. The molecule has 0 bridgehead atoms. The van der Waals surface area contributed by atoms with Crippen LogP contribution in [0.5, 0.6) is 0 Å². The van der Waals surface area contributed by atoms with Crippen LogP contribution in [0, 0.1) is 0 Å². The lowest BCUT2D eigenvalue weighted by Gasteiger charge is -2.31. The summed E-state index contributed by atoms with van der Waals surface area (Å²) in [6, 6.07) is 0. The van der Waals surface area contributed by atoms with Crippen LogP contribution in [0.15, 0.2) is 0 Å². The number of rotatable bonds is 28. The van der Waals surface area contributed by atoms with Crippen molar-refractivity contribution in [1.82, 2.24) is 39.1 Å². The first kappa shape index (κ1) is 117. The van der Waals surface area contributed by atoms with Gasteiger partial charge in [-0.15, -0.1) is 0 Å². The maximum absolute atomic E-state index is 13.5. The fraction of sp³-hybridized carbons (Fsp3) is 0.818. The van der Waals surface area contributed by atoms with E-state index in [2.05, 4.69) is 15.3 Å². The van der Waals surface area contributed by atoms with E-state index in [9.17, 15) is 47.7 Å². The van der Waals surface area contributed by atoms with E-state index >= 15 is 0 Å². The van der Waals surface area contributed by atoms with Gasteiger partial charge in [0.05, 0.1) is 67.6 Å². The summed E-state index contributed by atoms with van der Waals surface area (Å²) < 4.78 is 139. The van der Waals surface area contributed by atoms with Crippen molar-refractivity contribution in [3.05, 3.63) is 67.8 Å². The molecule has 0 amide bonds. The van der Waals surface area contributed by atoms with Crippen LogP contribution in [-0.4, -0.2) is 129 Å². The Balaban J connectivity index is 0.000000828. The number of esters is 2. The van der Waals surface area contributed by atoms with E-state index in [-0.39, 0.29) is 89.6 Å². The molecule has 4 heterocycles. The monoisotopic (exact) mass is 1840 g/mol. The molecule has 0 atom stereocenters. The van der Waals surface area contributed by atoms with E-state index in [4.69, 9.17) is 68.9 Å². The molecular weight excluding hydrogens is 1680 g/mol. The van der Waals surface area contributed by atoms with Crippen molar-refractivity contribution in [1.29, 1.82) is 0 Å². The number of nitrogens with zero attached hydrogens (tertiary/aromatic N) is 8. The van der Waals surface area contributed by atoms with Gasteiger partial charge in [0.1, 0.15) is 11.2 Å². The molecular formula is C88H164N8O24P4. The van der Waals surface area contributed by atoms with Gasteiger partial charge in [-0.25, -0.2) is 56.2 Å². The molecule has 0 radical (unpaired) electrons. The molecule has 2 N–H and O–H groups in total. The van der Waals surface area contributed by atoms with Crippen LogP contribution in [0.3, 0.4) is 0 Å². The van der Waals surface area contributed by atoms with Crippen LogP contribution in [-0.2, 0) is 131 Å². The Morgan fingerprint density at radius 2 is 0.484 bits per heavy atom. The standard InChI is InChI=1S/2C24H45N2O6P.2C20H37N2O6P/c1-16(2)17-18(20(27)30-22(6,7)8)26(25-19(17)21(3,4)5)15-29-33(28,31-23(9,10)11)32-24(12,13)14;1-16(2)17-18(20(27)30-22(6,7)8)25-26(19(17)21(3,4)5)15-29-33(28,31-23(9,10)11)32-24(12,13)14;1-13(2)14-15(17(23)24)22(21-16(14)18(3,4)5)12-26-29(25,27-19(6,7)8)28-20(9,10)11;1-13(2)14-15(17(23)24)21-22(16(14)18(3,4)5)12-26-29(25,27-19(6,7)8)28-20(9,10)11/h2*16H,15H2,1-14H3;2*13H,12H2,1-11H3,(H,23,24). The topological polar surface area (TPSA) is 378 Å². The molecule has 4 rings (SSSR count). The van der Waals surface area contributed by atoms with Crippen LogP contribution in [0.1, 0.15) is 457 Å². The van der Waals surface area contributed by atoms with Gasteiger partial charge in [-0.2, -0.15) is 20.4 Å². The first-order chi connectivity index (χ1) is 54.4. The molecule has 4 aromatic heterocycles. The van der Waals surface area contributed by atoms with Crippen LogP contribution in [0.4, 0.5) is 0 Å². The molecule has 0 aliphatic rings. The third kappa shape index (κ3) is 40.7.